The van der Waals surface area contributed by atoms with Gasteiger partial charge in [0, 0.05) is 5.56 Å². The number of nitriles is 1. The largest absolute Gasteiger partial charge is 0.477 e. The van der Waals surface area contributed by atoms with Crippen LogP contribution in [0.3, 0.4) is 0 Å². The molecule has 1 N–H and O–H groups in total. The van der Waals surface area contributed by atoms with Crippen LogP contribution in [0.2, 0.25) is 0 Å². The first-order chi connectivity index (χ1) is 11.5. The smallest absolute Gasteiger partial charge is 0.347 e. The molecule has 5 nitrogen and oxygen atoms in total. The zero-order chi connectivity index (χ0) is 17.3. The summed E-state index contributed by atoms with van der Waals surface area (Å²) in [6.07, 6.45) is 1.68. The second kappa shape index (κ2) is 6.34. The Morgan fingerprint density at radius 2 is 2.21 bits per heavy atom. The Kier molecular flexibility index (Phi) is 4.23. The number of aryl methyl sites for hydroxylation is 1. The first-order valence-electron chi connectivity index (χ1n) is 7.13. The van der Waals surface area contributed by atoms with Crippen LogP contribution in [0.15, 0.2) is 40.9 Å². The number of benzene rings is 1. The quantitative estimate of drug-likeness (QED) is 0.928. The monoisotopic (exact) mass is 341 g/mol. The van der Waals surface area contributed by atoms with E-state index in [1.807, 2.05) is 6.07 Å². The van der Waals surface area contributed by atoms with Gasteiger partial charge in [-0.25, -0.2) is 14.2 Å². The summed E-state index contributed by atoms with van der Waals surface area (Å²) in [5.41, 5.74) is 1.31. The van der Waals surface area contributed by atoms with Crippen molar-refractivity contribution < 1.29 is 14.3 Å². The first-order valence-corrected chi connectivity index (χ1v) is 7.95. The van der Waals surface area contributed by atoms with Gasteiger partial charge < -0.3 is 5.11 Å². The van der Waals surface area contributed by atoms with Crippen LogP contribution in [0.25, 0.3) is 0 Å². The number of aliphatic imine (C=N–C) groups is 1. The van der Waals surface area contributed by atoms with Crippen LogP contribution >= 0.6 is 11.3 Å². The van der Waals surface area contributed by atoms with Gasteiger partial charge >= 0.3 is 5.97 Å². The Hall–Kier alpha value is -2.85. The van der Waals surface area contributed by atoms with Crippen LogP contribution in [0, 0.1) is 24.1 Å². The number of halogens is 1. The third kappa shape index (κ3) is 2.84. The fraction of sp³-hybridized carbons (Fsp3) is 0.176. The number of carboxylic acids is 1. The van der Waals surface area contributed by atoms with E-state index in [2.05, 4.69) is 9.98 Å². The van der Waals surface area contributed by atoms with Gasteiger partial charge in [-0.1, -0.05) is 18.2 Å². The number of rotatable bonds is 3. The van der Waals surface area contributed by atoms with Gasteiger partial charge in [-0.15, -0.1) is 11.3 Å². The molecule has 0 bridgehead atoms. The van der Waals surface area contributed by atoms with Gasteiger partial charge in [0.25, 0.3) is 0 Å². The molecule has 0 aliphatic carbocycles. The zero-order valence-corrected chi connectivity index (χ0v) is 13.5. The number of aromatic nitrogens is 1. The van der Waals surface area contributed by atoms with Crippen LogP contribution in [-0.2, 0) is 0 Å². The lowest BCUT2D eigenvalue weighted by Crippen LogP contribution is -2.16. The number of thiazole rings is 1. The van der Waals surface area contributed by atoms with E-state index in [1.54, 1.807) is 31.2 Å². The Bertz CT molecular complexity index is 924. The lowest BCUT2D eigenvalue weighted by Gasteiger charge is -2.16. The van der Waals surface area contributed by atoms with E-state index in [4.69, 9.17) is 5.11 Å². The molecule has 1 aliphatic heterocycles. The molecule has 120 valence electrons. The fourth-order valence-electron chi connectivity index (χ4n) is 2.51. The van der Waals surface area contributed by atoms with Crippen molar-refractivity contribution in [2.45, 2.75) is 12.8 Å². The number of hydrogen-bond acceptors (Lipinski definition) is 5. The van der Waals surface area contributed by atoms with Gasteiger partial charge in [0.1, 0.15) is 21.8 Å². The summed E-state index contributed by atoms with van der Waals surface area (Å²) in [7, 11) is 0. The highest BCUT2D eigenvalue weighted by atomic mass is 32.1. The third-order valence-corrected chi connectivity index (χ3v) is 4.92. The number of hydrogen-bond donors (Lipinski definition) is 1. The van der Waals surface area contributed by atoms with E-state index in [-0.39, 0.29) is 21.9 Å². The maximum absolute atomic E-state index is 14.0. The summed E-state index contributed by atoms with van der Waals surface area (Å²) in [6, 6.07) is 8.21. The summed E-state index contributed by atoms with van der Waals surface area (Å²) >= 11 is 1.08. The minimum absolute atomic E-state index is 0.181. The molecule has 0 saturated carbocycles. The molecule has 1 unspecified atom stereocenters. The third-order valence-electron chi connectivity index (χ3n) is 3.64. The number of aromatic carboxylic acids is 1. The summed E-state index contributed by atoms with van der Waals surface area (Å²) in [6.45, 7) is 1.93. The molecule has 0 amide bonds. The fourth-order valence-corrected chi connectivity index (χ4v) is 3.47. The van der Waals surface area contributed by atoms with Gasteiger partial charge in [0.05, 0.1) is 29.4 Å². The Balaban J connectivity index is 1.96. The molecule has 1 atom stereocenters. The van der Waals surface area contributed by atoms with Gasteiger partial charge in [-0.3, -0.25) is 4.99 Å². The highest BCUT2D eigenvalue weighted by Gasteiger charge is 2.25. The Morgan fingerprint density at radius 3 is 2.83 bits per heavy atom. The molecule has 2 heterocycles. The van der Waals surface area contributed by atoms with Crippen molar-refractivity contribution in [3.05, 3.63) is 62.9 Å². The zero-order valence-electron chi connectivity index (χ0n) is 12.7. The van der Waals surface area contributed by atoms with Crippen molar-refractivity contribution >= 4 is 23.0 Å². The van der Waals surface area contributed by atoms with E-state index >= 15 is 0 Å². The lowest BCUT2D eigenvalue weighted by molar-refractivity contribution is 0.0701. The molecule has 24 heavy (non-hydrogen) atoms. The second-order valence-electron chi connectivity index (χ2n) is 5.24. The molecule has 0 saturated heterocycles. The van der Waals surface area contributed by atoms with Crippen molar-refractivity contribution in [3.63, 3.8) is 0 Å². The van der Waals surface area contributed by atoms with Gasteiger partial charge in [0.2, 0.25) is 0 Å². The van der Waals surface area contributed by atoms with Gasteiger partial charge in [0.15, 0.2) is 0 Å². The van der Waals surface area contributed by atoms with E-state index < -0.39 is 11.8 Å². The van der Waals surface area contributed by atoms with Crippen LogP contribution in [0.5, 0.6) is 0 Å². The number of dihydropyridines is 1. The molecule has 7 heteroatoms. The molecule has 0 fully saturated rings. The Morgan fingerprint density at radius 1 is 1.46 bits per heavy atom. The van der Waals surface area contributed by atoms with Crippen LogP contribution in [-0.4, -0.2) is 28.3 Å². The predicted octanol–water partition coefficient (Wildman–Crippen LogP) is 3.33. The minimum atomic E-state index is -1.02. The van der Waals surface area contributed by atoms with E-state index in [0.717, 1.165) is 11.3 Å². The van der Waals surface area contributed by atoms with Crippen molar-refractivity contribution in [2.75, 3.05) is 6.54 Å². The lowest BCUT2D eigenvalue weighted by atomic mass is 9.95. The van der Waals surface area contributed by atoms with Gasteiger partial charge in [-0.05, 0) is 19.1 Å². The van der Waals surface area contributed by atoms with E-state index in [0.29, 0.717) is 23.0 Å². The number of nitrogens with zero attached hydrogens (tertiary/aromatic N) is 3. The maximum atomic E-state index is 14.0. The summed E-state index contributed by atoms with van der Waals surface area (Å²) in [5, 5.41) is 19.1. The van der Waals surface area contributed by atoms with Crippen LogP contribution in [0.4, 0.5) is 4.39 Å². The molecule has 3 rings (SSSR count). The molecule has 0 radical (unpaired) electrons. The summed E-state index contributed by atoms with van der Waals surface area (Å²) < 4.78 is 14.0. The van der Waals surface area contributed by atoms with Crippen molar-refractivity contribution in [1.29, 1.82) is 5.26 Å². The molecule has 2 aromatic rings. The van der Waals surface area contributed by atoms with Crippen LogP contribution in [0.1, 0.15) is 31.9 Å². The summed E-state index contributed by atoms with van der Waals surface area (Å²) in [4.78, 5) is 20.0. The highest BCUT2D eigenvalue weighted by Crippen LogP contribution is 2.30. The predicted molar refractivity (Wildman–Crippen MR) is 88.1 cm³/mol. The van der Waals surface area contributed by atoms with E-state index in [9.17, 15) is 14.4 Å². The summed E-state index contributed by atoms with van der Waals surface area (Å²) in [5.74, 6) is -1.74. The van der Waals surface area contributed by atoms with Crippen molar-refractivity contribution in [1.82, 2.24) is 4.98 Å². The van der Waals surface area contributed by atoms with E-state index in [1.165, 1.54) is 6.07 Å². The van der Waals surface area contributed by atoms with Gasteiger partial charge in [-0.2, -0.15) is 5.26 Å². The number of carbonyl (C=O) groups is 1. The van der Waals surface area contributed by atoms with Crippen molar-refractivity contribution in [3.8, 4) is 6.07 Å². The topological polar surface area (TPSA) is 86.3 Å². The highest BCUT2D eigenvalue weighted by molar-refractivity contribution is 7.13. The molecule has 1 aromatic carbocycles. The Labute approximate surface area is 141 Å². The molecule has 1 aromatic heterocycles. The average Bonchev–Trinajstić information content (AvgIpc) is 2.97. The minimum Gasteiger partial charge on any atom is -0.477 e. The first kappa shape index (κ1) is 16.0. The SMILES string of the molecule is Cc1nc(C2C=C(C#N)C(c3ccccc3F)=NC2)sc1C(=O)O. The second-order valence-corrected chi connectivity index (χ2v) is 6.27. The normalized spacial score (nSPS) is 17.0. The molecular formula is C17H12FN3O2S. The standard InChI is InChI=1S/C17H12FN3O2S/c1-9-15(17(22)23)24-16(21-9)11-6-10(7-19)14(20-8-11)12-4-2-3-5-13(12)18/h2-6,11H,8H2,1H3,(H,22,23). The molecular weight excluding hydrogens is 329 g/mol. The molecule has 0 spiro atoms. The van der Waals surface area contributed by atoms with Crippen LogP contribution < -0.4 is 0 Å². The van der Waals surface area contributed by atoms with Crippen molar-refractivity contribution in [2.24, 2.45) is 4.99 Å². The number of carboxylic acid groups (broad SMARTS) is 1. The molecule has 1 aliphatic rings. The number of allylic oxidation sites excluding steroid dienone is 1. The maximum Gasteiger partial charge on any atom is 0.347 e. The average molecular weight is 341 g/mol.